The lowest BCUT2D eigenvalue weighted by Gasteiger charge is -2.20. The number of aliphatic hydroxyl groups excluding tert-OH is 1. The smallest absolute Gasteiger partial charge is 0.246 e. The van der Waals surface area contributed by atoms with Crippen molar-refractivity contribution in [1.82, 2.24) is 4.90 Å². The Bertz CT molecular complexity index is 211. The summed E-state index contributed by atoms with van der Waals surface area (Å²) in [5.74, 6) is -0.0976. The lowest BCUT2D eigenvalue weighted by atomic mass is 9.90. The minimum absolute atomic E-state index is 0.0976. The topological polar surface area (TPSA) is 40.5 Å². The van der Waals surface area contributed by atoms with Crippen LogP contribution in [-0.4, -0.2) is 35.1 Å². The van der Waals surface area contributed by atoms with Crippen LogP contribution in [0.2, 0.25) is 0 Å². The van der Waals surface area contributed by atoms with Gasteiger partial charge in [0.25, 0.3) is 0 Å². The Balaban J connectivity index is 2.66. The van der Waals surface area contributed by atoms with Crippen molar-refractivity contribution in [2.45, 2.75) is 20.0 Å². The van der Waals surface area contributed by atoms with E-state index in [9.17, 15) is 9.90 Å². The average Bonchev–Trinajstić information content (AvgIpc) is 2.25. The van der Waals surface area contributed by atoms with E-state index in [-0.39, 0.29) is 11.3 Å². The summed E-state index contributed by atoms with van der Waals surface area (Å²) in [7, 11) is 0. The van der Waals surface area contributed by atoms with Crippen molar-refractivity contribution >= 4 is 5.91 Å². The number of carbonyl (C=O) groups is 1. The molecular formula is C9H15NO2. The van der Waals surface area contributed by atoms with Crippen LogP contribution in [0.25, 0.3) is 0 Å². The minimum atomic E-state index is -0.415. The van der Waals surface area contributed by atoms with Gasteiger partial charge in [-0.15, -0.1) is 0 Å². The van der Waals surface area contributed by atoms with Gasteiger partial charge in [0.2, 0.25) is 5.91 Å². The van der Waals surface area contributed by atoms with E-state index in [0.29, 0.717) is 13.1 Å². The molecular weight excluding hydrogens is 154 g/mol. The highest BCUT2D eigenvalue weighted by molar-refractivity contribution is 5.87. The number of carbonyl (C=O) groups excluding carboxylic acids is 1. The molecule has 0 aromatic carbocycles. The molecule has 1 rings (SSSR count). The zero-order valence-corrected chi connectivity index (χ0v) is 7.58. The Kier molecular flexibility index (Phi) is 2.24. The molecule has 1 N–H and O–H groups in total. The first kappa shape index (κ1) is 9.26. The molecule has 68 valence electrons. The number of hydrogen-bond donors (Lipinski definition) is 1. The fourth-order valence-electron chi connectivity index (χ4n) is 1.41. The molecule has 0 aliphatic carbocycles. The van der Waals surface area contributed by atoms with Crippen LogP contribution in [0.15, 0.2) is 12.7 Å². The third-order valence-corrected chi connectivity index (χ3v) is 2.38. The van der Waals surface area contributed by atoms with Gasteiger partial charge in [-0.1, -0.05) is 20.4 Å². The fraction of sp³-hybridized carbons (Fsp3) is 0.667. The van der Waals surface area contributed by atoms with Crippen LogP contribution in [0.3, 0.4) is 0 Å². The van der Waals surface area contributed by atoms with E-state index in [1.54, 1.807) is 4.90 Å². The first-order chi connectivity index (χ1) is 5.47. The molecule has 0 saturated carbocycles. The van der Waals surface area contributed by atoms with Gasteiger partial charge in [-0.2, -0.15) is 0 Å². The van der Waals surface area contributed by atoms with Crippen LogP contribution < -0.4 is 0 Å². The standard InChI is InChI=1S/C9H15NO2/c1-4-8(12)10-5-7(11)9(2,3)6-10/h4,7,11H,1,5-6H2,2-3H3. The second-order valence-electron chi connectivity index (χ2n) is 3.93. The van der Waals surface area contributed by atoms with Gasteiger partial charge in [0, 0.05) is 18.5 Å². The normalized spacial score (nSPS) is 27.2. The predicted molar refractivity (Wildman–Crippen MR) is 46.6 cm³/mol. The lowest BCUT2D eigenvalue weighted by molar-refractivity contribution is -0.125. The van der Waals surface area contributed by atoms with Gasteiger partial charge in [-0.05, 0) is 6.08 Å². The molecule has 1 aliphatic heterocycles. The summed E-state index contributed by atoms with van der Waals surface area (Å²) in [4.78, 5) is 12.8. The lowest BCUT2D eigenvalue weighted by Crippen LogP contribution is -2.28. The van der Waals surface area contributed by atoms with Crippen molar-refractivity contribution in [1.29, 1.82) is 0 Å². The number of nitrogens with zero attached hydrogens (tertiary/aromatic N) is 1. The van der Waals surface area contributed by atoms with Crippen molar-refractivity contribution in [3.8, 4) is 0 Å². The Morgan fingerprint density at radius 1 is 1.75 bits per heavy atom. The van der Waals surface area contributed by atoms with Crippen LogP contribution >= 0.6 is 0 Å². The molecule has 12 heavy (non-hydrogen) atoms. The number of hydrogen-bond acceptors (Lipinski definition) is 2. The van der Waals surface area contributed by atoms with Gasteiger partial charge < -0.3 is 10.0 Å². The van der Waals surface area contributed by atoms with Gasteiger partial charge in [-0.3, -0.25) is 4.79 Å². The Labute approximate surface area is 72.7 Å². The Hall–Kier alpha value is -0.830. The van der Waals surface area contributed by atoms with Gasteiger partial charge in [0.05, 0.1) is 6.10 Å². The first-order valence-corrected chi connectivity index (χ1v) is 4.07. The van der Waals surface area contributed by atoms with Crippen LogP contribution in [0.5, 0.6) is 0 Å². The second-order valence-corrected chi connectivity index (χ2v) is 3.93. The maximum atomic E-state index is 11.1. The molecule has 1 aliphatic rings. The summed E-state index contributed by atoms with van der Waals surface area (Å²) in [6, 6.07) is 0. The van der Waals surface area contributed by atoms with Crippen molar-refractivity contribution in [3.05, 3.63) is 12.7 Å². The monoisotopic (exact) mass is 169 g/mol. The van der Waals surface area contributed by atoms with Crippen molar-refractivity contribution in [2.75, 3.05) is 13.1 Å². The molecule has 0 radical (unpaired) electrons. The number of aliphatic hydroxyl groups is 1. The molecule has 1 unspecified atom stereocenters. The summed E-state index contributed by atoms with van der Waals surface area (Å²) in [5.41, 5.74) is -0.182. The van der Waals surface area contributed by atoms with Crippen LogP contribution in [0.1, 0.15) is 13.8 Å². The SMILES string of the molecule is C=CC(=O)N1CC(O)C(C)(C)C1. The Morgan fingerprint density at radius 3 is 2.67 bits per heavy atom. The number of β-amino-alcohol motifs (C(OH)–C–C–N with tert-alkyl or cyclic N) is 1. The van der Waals surface area contributed by atoms with E-state index in [2.05, 4.69) is 6.58 Å². The summed E-state index contributed by atoms with van der Waals surface area (Å²) in [5, 5.41) is 9.54. The first-order valence-electron chi connectivity index (χ1n) is 4.07. The predicted octanol–water partition coefficient (Wildman–Crippen LogP) is 0.402. The van der Waals surface area contributed by atoms with Crippen molar-refractivity contribution < 1.29 is 9.90 Å². The molecule has 3 heteroatoms. The zero-order valence-electron chi connectivity index (χ0n) is 7.58. The van der Waals surface area contributed by atoms with E-state index in [0.717, 1.165) is 0 Å². The average molecular weight is 169 g/mol. The molecule has 1 heterocycles. The van der Waals surface area contributed by atoms with Crippen LogP contribution in [0.4, 0.5) is 0 Å². The highest BCUT2D eigenvalue weighted by atomic mass is 16.3. The van der Waals surface area contributed by atoms with Crippen LogP contribution in [-0.2, 0) is 4.79 Å². The quantitative estimate of drug-likeness (QED) is 0.577. The molecule has 1 fully saturated rings. The molecule has 1 atom stereocenters. The van der Waals surface area contributed by atoms with E-state index < -0.39 is 6.10 Å². The maximum absolute atomic E-state index is 11.1. The summed E-state index contributed by atoms with van der Waals surface area (Å²) < 4.78 is 0. The van der Waals surface area contributed by atoms with E-state index in [1.165, 1.54) is 6.08 Å². The number of likely N-dealkylation sites (tertiary alicyclic amines) is 1. The van der Waals surface area contributed by atoms with Crippen molar-refractivity contribution in [2.24, 2.45) is 5.41 Å². The van der Waals surface area contributed by atoms with E-state index in [4.69, 9.17) is 0 Å². The van der Waals surface area contributed by atoms with Crippen LogP contribution in [0, 0.1) is 5.41 Å². The Morgan fingerprint density at radius 2 is 2.33 bits per heavy atom. The highest BCUT2D eigenvalue weighted by Gasteiger charge is 2.39. The van der Waals surface area contributed by atoms with Gasteiger partial charge in [0.15, 0.2) is 0 Å². The number of rotatable bonds is 1. The summed E-state index contributed by atoms with van der Waals surface area (Å²) in [6.07, 6.45) is 0.870. The van der Waals surface area contributed by atoms with Gasteiger partial charge >= 0.3 is 0 Å². The molecule has 0 spiro atoms. The van der Waals surface area contributed by atoms with E-state index in [1.807, 2.05) is 13.8 Å². The van der Waals surface area contributed by atoms with Crippen molar-refractivity contribution in [3.63, 3.8) is 0 Å². The van der Waals surface area contributed by atoms with Gasteiger partial charge in [-0.25, -0.2) is 0 Å². The summed E-state index contributed by atoms with van der Waals surface area (Å²) in [6.45, 7) is 8.35. The molecule has 3 nitrogen and oxygen atoms in total. The zero-order chi connectivity index (χ0) is 9.35. The van der Waals surface area contributed by atoms with Gasteiger partial charge in [0.1, 0.15) is 0 Å². The molecule has 0 bridgehead atoms. The van der Waals surface area contributed by atoms with E-state index >= 15 is 0 Å². The number of amides is 1. The molecule has 0 aromatic rings. The third kappa shape index (κ3) is 1.50. The minimum Gasteiger partial charge on any atom is -0.391 e. The fourth-order valence-corrected chi connectivity index (χ4v) is 1.41. The maximum Gasteiger partial charge on any atom is 0.246 e. The second kappa shape index (κ2) is 2.90. The highest BCUT2D eigenvalue weighted by Crippen LogP contribution is 2.29. The summed E-state index contributed by atoms with van der Waals surface area (Å²) >= 11 is 0. The third-order valence-electron chi connectivity index (χ3n) is 2.38. The largest absolute Gasteiger partial charge is 0.391 e. The molecule has 0 aromatic heterocycles. The molecule has 1 saturated heterocycles. The molecule has 1 amide bonds.